The van der Waals surface area contributed by atoms with Gasteiger partial charge in [0.05, 0.1) is 20.8 Å². The number of rotatable bonds is 7. The number of ether oxygens (including phenoxy) is 3. The molecule has 0 aliphatic rings. The first kappa shape index (κ1) is 19.9. The lowest BCUT2D eigenvalue weighted by atomic mass is 10.2. The topological polar surface area (TPSA) is 135 Å². The van der Waals surface area contributed by atoms with Crippen molar-refractivity contribution in [3.05, 3.63) is 40.6 Å². The van der Waals surface area contributed by atoms with Crippen molar-refractivity contribution in [2.24, 2.45) is 0 Å². The molecule has 1 aromatic carbocycles. The van der Waals surface area contributed by atoms with Crippen molar-refractivity contribution in [3.63, 3.8) is 0 Å². The highest BCUT2D eigenvalue weighted by atomic mass is 16.5. The number of amides is 1. The molecule has 2 heterocycles. The Kier molecular flexibility index (Phi) is 5.77. The van der Waals surface area contributed by atoms with Gasteiger partial charge in [0.25, 0.3) is 11.3 Å². The zero-order valence-electron chi connectivity index (χ0n) is 15.9. The number of nitrogens with zero attached hydrogens (tertiary/aromatic N) is 3. The van der Waals surface area contributed by atoms with Crippen LogP contribution in [0.2, 0.25) is 0 Å². The molecule has 0 atom stereocenters. The summed E-state index contributed by atoms with van der Waals surface area (Å²) < 4.78 is 21.1. The molecule has 11 heteroatoms. The highest BCUT2D eigenvalue weighted by molar-refractivity contribution is 5.99. The fraction of sp³-hybridized carbons (Fsp3) is 0.278. The van der Waals surface area contributed by atoms with E-state index < -0.39 is 17.4 Å². The van der Waals surface area contributed by atoms with Gasteiger partial charge in [-0.2, -0.15) is 0 Å². The summed E-state index contributed by atoms with van der Waals surface area (Å²) in [5.41, 5.74) is -0.637. The first-order valence-electron chi connectivity index (χ1n) is 8.51. The second-order valence-electron chi connectivity index (χ2n) is 5.76. The van der Waals surface area contributed by atoms with Crippen molar-refractivity contribution in [1.29, 1.82) is 0 Å². The number of anilines is 1. The monoisotopic (exact) mass is 402 g/mol. The lowest BCUT2D eigenvalue weighted by molar-refractivity contribution is -0.116. The van der Waals surface area contributed by atoms with Gasteiger partial charge in [-0.05, 0) is 6.92 Å². The van der Waals surface area contributed by atoms with E-state index >= 15 is 0 Å². The Hall–Kier alpha value is -3.89. The molecule has 0 bridgehead atoms. The maximum atomic E-state index is 12.7. The van der Waals surface area contributed by atoms with E-state index in [4.69, 9.17) is 18.7 Å². The molecule has 0 saturated carbocycles. The summed E-state index contributed by atoms with van der Waals surface area (Å²) >= 11 is 0. The third-order valence-electron chi connectivity index (χ3n) is 3.88. The third kappa shape index (κ3) is 4.18. The molecule has 3 aromatic rings. The van der Waals surface area contributed by atoms with Gasteiger partial charge in [0.2, 0.25) is 11.6 Å². The molecular weight excluding hydrogens is 384 g/mol. The van der Waals surface area contributed by atoms with Crippen LogP contribution in [0.5, 0.6) is 11.5 Å². The normalized spacial score (nSPS) is 10.6. The summed E-state index contributed by atoms with van der Waals surface area (Å²) in [5.74, 6) is -0.333. The van der Waals surface area contributed by atoms with Crippen molar-refractivity contribution in [2.45, 2.75) is 13.5 Å². The molecule has 0 saturated heterocycles. The van der Waals surface area contributed by atoms with Gasteiger partial charge in [-0.1, -0.05) is 5.16 Å². The van der Waals surface area contributed by atoms with Gasteiger partial charge in [0, 0.05) is 23.9 Å². The molecule has 0 aliphatic heterocycles. The van der Waals surface area contributed by atoms with Crippen LogP contribution in [-0.2, 0) is 16.1 Å². The van der Waals surface area contributed by atoms with Gasteiger partial charge in [-0.15, -0.1) is 0 Å². The highest BCUT2D eigenvalue weighted by Crippen LogP contribution is 2.25. The fourth-order valence-electron chi connectivity index (χ4n) is 2.57. The minimum atomic E-state index is -0.809. The van der Waals surface area contributed by atoms with Crippen molar-refractivity contribution in [2.75, 3.05) is 26.1 Å². The lowest BCUT2D eigenvalue weighted by Gasteiger charge is -2.10. The molecule has 3 rings (SSSR count). The van der Waals surface area contributed by atoms with Crippen LogP contribution >= 0.6 is 0 Å². The molecule has 29 heavy (non-hydrogen) atoms. The fourth-order valence-corrected chi connectivity index (χ4v) is 2.57. The minimum absolute atomic E-state index is 0.105. The number of nitrogens with one attached hydrogen (secondary N) is 1. The zero-order chi connectivity index (χ0) is 21.0. The van der Waals surface area contributed by atoms with Crippen molar-refractivity contribution >= 4 is 28.7 Å². The Bertz CT molecular complexity index is 1100. The van der Waals surface area contributed by atoms with E-state index in [1.165, 1.54) is 14.2 Å². The standard InChI is InChI=1S/C18H18N4O7/c1-4-28-18(25)15-14-16(29-21-15)19-9-22(17(14)24)8-13(23)20-10-5-11(26-2)7-12(6-10)27-3/h5-7,9H,4,8H2,1-3H3,(H,20,23). The zero-order valence-corrected chi connectivity index (χ0v) is 15.9. The number of carbonyl (C=O) groups is 2. The summed E-state index contributed by atoms with van der Waals surface area (Å²) in [6.45, 7) is 1.37. The van der Waals surface area contributed by atoms with Crippen molar-refractivity contribution in [3.8, 4) is 11.5 Å². The SMILES string of the molecule is CCOC(=O)c1noc2ncn(CC(=O)Nc3cc(OC)cc(OC)c3)c(=O)c12. The summed E-state index contributed by atoms with van der Waals surface area (Å²) in [5, 5.41) is 6.05. The first-order valence-corrected chi connectivity index (χ1v) is 8.51. The molecule has 0 aliphatic carbocycles. The predicted molar refractivity (Wildman–Crippen MR) is 100 cm³/mol. The number of fused-ring (bicyclic) bond motifs is 1. The third-order valence-corrected chi connectivity index (χ3v) is 3.88. The summed E-state index contributed by atoms with van der Waals surface area (Å²) in [7, 11) is 2.97. The molecule has 152 valence electrons. The van der Waals surface area contributed by atoms with E-state index in [2.05, 4.69) is 15.5 Å². The number of carbonyl (C=O) groups excluding carboxylic acids is 2. The number of hydrogen-bond acceptors (Lipinski definition) is 9. The van der Waals surface area contributed by atoms with Crippen LogP contribution in [0.3, 0.4) is 0 Å². The average molecular weight is 402 g/mol. The average Bonchev–Trinajstić information content (AvgIpc) is 3.15. The number of aromatic nitrogens is 3. The van der Waals surface area contributed by atoms with Gasteiger partial charge in [0.1, 0.15) is 29.8 Å². The van der Waals surface area contributed by atoms with Gasteiger partial charge in [0.15, 0.2) is 0 Å². The highest BCUT2D eigenvalue weighted by Gasteiger charge is 2.22. The maximum Gasteiger partial charge on any atom is 0.361 e. The Labute approximate surface area is 164 Å². The quantitative estimate of drug-likeness (QED) is 0.579. The van der Waals surface area contributed by atoms with Crippen molar-refractivity contribution in [1.82, 2.24) is 14.7 Å². The minimum Gasteiger partial charge on any atom is -0.497 e. The van der Waals surface area contributed by atoms with Crippen LogP contribution in [0, 0.1) is 0 Å². The number of methoxy groups -OCH3 is 2. The number of esters is 1. The number of hydrogen-bond donors (Lipinski definition) is 1. The van der Waals surface area contributed by atoms with Crippen molar-refractivity contribution < 1.29 is 28.3 Å². The molecule has 11 nitrogen and oxygen atoms in total. The molecule has 0 radical (unpaired) electrons. The summed E-state index contributed by atoms with van der Waals surface area (Å²) in [6, 6.07) is 4.85. The maximum absolute atomic E-state index is 12.7. The molecule has 0 spiro atoms. The summed E-state index contributed by atoms with van der Waals surface area (Å²) in [4.78, 5) is 41.0. The van der Waals surface area contributed by atoms with Crippen LogP contribution in [-0.4, -0.2) is 47.4 Å². The van der Waals surface area contributed by atoms with Gasteiger partial charge in [-0.25, -0.2) is 9.78 Å². The van der Waals surface area contributed by atoms with E-state index in [9.17, 15) is 14.4 Å². The first-order chi connectivity index (χ1) is 14.0. The van der Waals surface area contributed by atoms with E-state index in [0.717, 1.165) is 10.9 Å². The second kappa shape index (κ2) is 8.42. The van der Waals surface area contributed by atoms with Crippen LogP contribution in [0.15, 0.2) is 33.8 Å². The second-order valence-corrected chi connectivity index (χ2v) is 5.76. The largest absolute Gasteiger partial charge is 0.497 e. The molecule has 1 amide bonds. The molecule has 0 unspecified atom stereocenters. The van der Waals surface area contributed by atoms with Crippen LogP contribution in [0.4, 0.5) is 5.69 Å². The summed E-state index contributed by atoms with van der Waals surface area (Å²) in [6.07, 6.45) is 1.14. The van der Waals surface area contributed by atoms with E-state index in [1.54, 1.807) is 25.1 Å². The molecule has 2 aromatic heterocycles. The van der Waals surface area contributed by atoms with E-state index in [0.29, 0.717) is 17.2 Å². The van der Waals surface area contributed by atoms with E-state index in [-0.39, 0.29) is 29.9 Å². The Morgan fingerprint density at radius 3 is 2.48 bits per heavy atom. The molecular formula is C18H18N4O7. The predicted octanol–water partition coefficient (Wildman–Crippen LogP) is 1.22. The Morgan fingerprint density at radius 1 is 1.17 bits per heavy atom. The van der Waals surface area contributed by atoms with Gasteiger partial charge in [-0.3, -0.25) is 14.2 Å². The smallest absolute Gasteiger partial charge is 0.361 e. The van der Waals surface area contributed by atoms with Gasteiger partial charge < -0.3 is 24.1 Å². The lowest BCUT2D eigenvalue weighted by Crippen LogP contribution is -2.28. The van der Waals surface area contributed by atoms with Crippen LogP contribution in [0.1, 0.15) is 17.4 Å². The number of benzene rings is 1. The Balaban J connectivity index is 1.86. The van der Waals surface area contributed by atoms with Crippen LogP contribution < -0.4 is 20.3 Å². The molecule has 1 N–H and O–H groups in total. The van der Waals surface area contributed by atoms with E-state index in [1.807, 2.05) is 0 Å². The molecule has 0 fully saturated rings. The van der Waals surface area contributed by atoms with Gasteiger partial charge >= 0.3 is 5.97 Å². The van der Waals surface area contributed by atoms with Crippen LogP contribution in [0.25, 0.3) is 11.1 Å². The Morgan fingerprint density at radius 2 is 1.86 bits per heavy atom.